The minimum absolute atomic E-state index is 0.0983. The Kier molecular flexibility index (Phi) is 4.08. The maximum absolute atomic E-state index is 11.7. The van der Waals surface area contributed by atoms with Gasteiger partial charge < -0.3 is 20.2 Å². The number of amides is 1. The van der Waals surface area contributed by atoms with Crippen LogP contribution in [0.25, 0.3) is 22.0 Å². The summed E-state index contributed by atoms with van der Waals surface area (Å²) < 4.78 is 11.8. The van der Waals surface area contributed by atoms with E-state index in [9.17, 15) is 4.79 Å². The molecule has 0 unspecified atom stereocenters. The van der Waals surface area contributed by atoms with Gasteiger partial charge in [0.1, 0.15) is 5.60 Å². The normalized spacial score (nSPS) is 11.8. The van der Waals surface area contributed by atoms with E-state index in [4.69, 9.17) is 14.9 Å². The third-order valence-electron chi connectivity index (χ3n) is 3.14. The van der Waals surface area contributed by atoms with Gasteiger partial charge >= 0.3 is 6.09 Å². The highest BCUT2D eigenvalue weighted by Gasteiger charge is 2.18. The van der Waals surface area contributed by atoms with Crippen LogP contribution in [0.1, 0.15) is 26.7 Å². The number of hydrogen-bond acceptors (Lipinski definition) is 6. The van der Waals surface area contributed by atoms with Crippen LogP contribution in [0.4, 0.5) is 10.6 Å². The Bertz CT molecular complexity index is 930. The molecule has 24 heavy (non-hydrogen) atoms. The average Bonchev–Trinajstić information content (AvgIpc) is 2.88. The lowest BCUT2D eigenvalue weighted by Crippen LogP contribution is -2.32. The second kappa shape index (κ2) is 5.94. The summed E-state index contributed by atoms with van der Waals surface area (Å²) in [6.07, 6.45) is -0.537. The Morgan fingerprint density at radius 1 is 1.38 bits per heavy atom. The number of carbonyl (C=O) groups excluding carboxylic acids is 1. The number of alkyl carbamates (subject to hydrolysis) is 1. The first-order valence-corrected chi connectivity index (χ1v) is 8.13. The van der Waals surface area contributed by atoms with Crippen LogP contribution >= 0.6 is 15.9 Å². The summed E-state index contributed by atoms with van der Waals surface area (Å²) in [5.41, 5.74) is 7.13. The number of nitrogens with one attached hydrogen (secondary N) is 1. The predicted octanol–water partition coefficient (Wildman–Crippen LogP) is 3.75. The smallest absolute Gasteiger partial charge is 0.408 e. The van der Waals surface area contributed by atoms with Crippen LogP contribution in [-0.4, -0.2) is 21.7 Å². The van der Waals surface area contributed by atoms with Crippen molar-refractivity contribution < 1.29 is 13.9 Å². The number of rotatable bonds is 2. The van der Waals surface area contributed by atoms with Gasteiger partial charge in [-0.05, 0) is 39.0 Å². The molecule has 3 rings (SSSR count). The van der Waals surface area contributed by atoms with Crippen LogP contribution in [0, 0.1) is 0 Å². The van der Waals surface area contributed by atoms with Crippen molar-refractivity contribution in [1.82, 2.24) is 15.3 Å². The Labute approximate surface area is 146 Å². The maximum Gasteiger partial charge on any atom is 0.408 e. The van der Waals surface area contributed by atoms with Crippen molar-refractivity contribution in [2.75, 3.05) is 5.73 Å². The summed E-state index contributed by atoms with van der Waals surface area (Å²) in [4.78, 5) is 20.4. The zero-order valence-corrected chi connectivity index (χ0v) is 15.1. The Hall–Kier alpha value is -2.35. The van der Waals surface area contributed by atoms with Gasteiger partial charge in [0.2, 0.25) is 5.89 Å². The number of ether oxygens (including phenoxy) is 1. The van der Waals surface area contributed by atoms with Crippen molar-refractivity contribution >= 4 is 49.8 Å². The fourth-order valence-corrected chi connectivity index (χ4v) is 2.58. The summed E-state index contributed by atoms with van der Waals surface area (Å²) in [7, 11) is 0. The molecule has 0 aliphatic rings. The van der Waals surface area contributed by atoms with Crippen LogP contribution in [0.3, 0.4) is 0 Å². The number of anilines is 1. The van der Waals surface area contributed by atoms with Crippen LogP contribution in [0.5, 0.6) is 0 Å². The summed E-state index contributed by atoms with van der Waals surface area (Å²) in [6.45, 7) is 5.48. The van der Waals surface area contributed by atoms with Crippen molar-refractivity contribution in [3.63, 3.8) is 0 Å². The first-order valence-electron chi connectivity index (χ1n) is 7.34. The molecular weight excluding hydrogens is 376 g/mol. The Balaban J connectivity index is 1.90. The Morgan fingerprint density at radius 3 is 2.83 bits per heavy atom. The van der Waals surface area contributed by atoms with E-state index < -0.39 is 11.7 Å². The number of halogens is 1. The lowest BCUT2D eigenvalue weighted by Gasteiger charge is -2.19. The molecule has 0 radical (unpaired) electrons. The number of nitrogen functional groups attached to an aromatic ring is 1. The number of hydrogen-bond donors (Lipinski definition) is 2. The molecule has 0 bridgehead atoms. The Morgan fingerprint density at radius 2 is 2.12 bits per heavy atom. The minimum Gasteiger partial charge on any atom is -0.444 e. The van der Waals surface area contributed by atoms with E-state index >= 15 is 0 Å². The fourth-order valence-electron chi connectivity index (χ4n) is 2.23. The topological polar surface area (TPSA) is 103 Å². The SMILES string of the molecule is CC(C)(C)OC(=O)NCc1nc2c(N)nc3cc(Br)ccc3c2o1. The molecule has 0 atom stereocenters. The summed E-state index contributed by atoms with van der Waals surface area (Å²) in [6, 6.07) is 5.62. The lowest BCUT2D eigenvalue weighted by molar-refractivity contribution is 0.0519. The molecule has 0 spiro atoms. The van der Waals surface area contributed by atoms with Crippen molar-refractivity contribution in [1.29, 1.82) is 0 Å². The summed E-state index contributed by atoms with van der Waals surface area (Å²) in [5, 5.41) is 3.41. The monoisotopic (exact) mass is 392 g/mol. The highest BCUT2D eigenvalue weighted by Crippen LogP contribution is 2.30. The second-order valence-corrected chi connectivity index (χ2v) is 7.21. The van der Waals surface area contributed by atoms with Crippen LogP contribution < -0.4 is 11.1 Å². The number of nitrogens with two attached hydrogens (primary N) is 1. The van der Waals surface area contributed by atoms with Gasteiger partial charge in [-0.3, -0.25) is 0 Å². The van der Waals surface area contributed by atoms with E-state index in [0.717, 1.165) is 9.86 Å². The average molecular weight is 393 g/mol. The van der Waals surface area contributed by atoms with Crippen LogP contribution in [0.15, 0.2) is 27.1 Å². The maximum atomic E-state index is 11.7. The number of aromatic nitrogens is 2. The van der Waals surface area contributed by atoms with Crippen LogP contribution in [0.2, 0.25) is 0 Å². The molecule has 8 heteroatoms. The molecule has 2 aromatic heterocycles. The van der Waals surface area contributed by atoms with Crippen molar-refractivity contribution in [2.24, 2.45) is 0 Å². The third kappa shape index (κ3) is 3.43. The minimum atomic E-state index is -0.566. The first-order chi connectivity index (χ1) is 11.2. The summed E-state index contributed by atoms with van der Waals surface area (Å²) in [5.74, 6) is 0.614. The standard InChI is InChI=1S/C16H17BrN4O3/c1-16(2,3)24-15(22)19-7-11-21-12-13(23-11)9-5-4-8(17)6-10(9)20-14(12)18/h4-6H,7H2,1-3H3,(H2,18,20)(H,19,22). The number of benzene rings is 1. The number of fused-ring (bicyclic) bond motifs is 3. The molecule has 0 aliphatic heterocycles. The van der Waals surface area contributed by atoms with E-state index in [1.165, 1.54) is 0 Å². The predicted molar refractivity (Wildman–Crippen MR) is 94.5 cm³/mol. The summed E-state index contributed by atoms with van der Waals surface area (Å²) >= 11 is 3.40. The van der Waals surface area contributed by atoms with Gasteiger partial charge in [-0.2, -0.15) is 0 Å². The largest absolute Gasteiger partial charge is 0.444 e. The van der Waals surface area contributed by atoms with E-state index in [0.29, 0.717) is 22.5 Å². The molecule has 1 amide bonds. The van der Waals surface area contributed by atoms with Crippen molar-refractivity contribution in [3.05, 3.63) is 28.6 Å². The molecular formula is C16H17BrN4O3. The van der Waals surface area contributed by atoms with E-state index in [2.05, 4.69) is 31.2 Å². The fraction of sp³-hybridized carbons (Fsp3) is 0.312. The van der Waals surface area contributed by atoms with Gasteiger partial charge in [0.05, 0.1) is 12.1 Å². The van der Waals surface area contributed by atoms with E-state index in [-0.39, 0.29) is 12.4 Å². The molecule has 2 heterocycles. The molecule has 126 valence electrons. The van der Waals surface area contributed by atoms with E-state index in [1.807, 2.05) is 18.2 Å². The van der Waals surface area contributed by atoms with Crippen molar-refractivity contribution in [2.45, 2.75) is 32.9 Å². The zero-order valence-electron chi connectivity index (χ0n) is 13.5. The van der Waals surface area contributed by atoms with Gasteiger partial charge in [0, 0.05) is 9.86 Å². The van der Waals surface area contributed by atoms with Gasteiger partial charge in [-0.15, -0.1) is 0 Å². The van der Waals surface area contributed by atoms with Gasteiger partial charge in [-0.1, -0.05) is 15.9 Å². The molecule has 7 nitrogen and oxygen atoms in total. The van der Waals surface area contributed by atoms with Gasteiger partial charge in [-0.25, -0.2) is 14.8 Å². The van der Waals surface area contributed by atoms with Gasteiger partial charge in [0.25, 0.3) is 0 Å². The molecule has 0 aliphatic carbocycles. The number of carbonyl (C=O) groups is 1. The lowest BCUT2D eigenvalue weighted by atomic mass is 10.2. The molecule has 1 aromatic carbocycles. The van der Waals surface area contributed by atoms with Gasteiger partial charge in [0.15, 0.2) is 16.9 Å². The molecule has 0 saturated carbocycles. The highest BCUT2D eigenvalue weighted by molar-refractivity contribution is 9.10. The molecule has 3 N–H and O–H groups in total. The highest BCUT2D eigenvalue weighted by atomic mass is 79.9. The number of pyridine rings is 1. The number of oxazole rings is 1. The molecule has 3 aromatic rings. The quantitative estimate of drug-likeness (QED) is 0.688. The molecule has 0 saturated heterocycles. The third-order valence-corrected chi connectivity index (χ3v) is 3.64. The van der Waals surface area contributed by atoms with Crippen molar-refractivity contribution in [3.8, 4) is 0 Å². The number of nitrogens with zero attached hydrogens (tertiary/aromatic N) is 2. The first kappa shape index (κ1) is 16.5. The van der Waals surface area contributed by atoms with E-state index in [1.54, 1.807) is 20.8 Å². The molecule has 0 fully saturated rings. The second-order valence-electron chi connectivity index (χ2n) is 6.30. The zero-order chi connectivity index (χ0) is 17.5. The van der Waals surface area contributed by atoms with Crippen LogP contribution in [-0.2, 0) is 11.3 Å².